The topological polar surface area (TPSA) is 66.8 Å². The van der Waals surface area contributed by atoms with E-state index >= 15 is 0 Å². The van der Waals surface area contributed by atoms with E-state index in [2.05, 4.69) is 20.2 Å². The quantitative estimate of drug-likeness (QED) is 0.425. The molecule has 3 heterocycles. The lowest BCUT2D eigenvalue weighted by Gasteiger charge is -2.27. The Balaban J connectivity index is 1.04. The molecule has 210 valence electrons. The van der Waals surface area contributed by atoms with Gasteiger partial charge in [-0.15, -0.1) is 0 Å². The number of allylic oxidation sites excluding steroid dienone is 1. The minimum absolute atomic E-state index is 0.0561. The van der Waals surface area contributed by atoms with Crippen LogP contribution in [0.2, 0.25) is 0 Å². The Labute approximate surface area is 231 Å². The standard InChI is InChI=1S/C29H35F3N4O2S/c1-19-5-10-22-23(3-2-4-24(22)34-19)27(37)33-17-21-8-6-20(7-9-21)11-14-36-15-12-25-26(13-16-36)39-28(35-25)38-18-29(30,31)32/h2-4,17,20H,5-16,18H2,1H3,(H,33,37). The molecular weight excluding hydrogens is 525 g/mol. The Hall–Kier alpha value is -2.72. The van der Waals surface area contributed by atoms with Crippen LogP contribution in [0.4, 0.5) is 18.9 Å². The second-order valence-electron chi connectivity index (χ2n) is 10.8. The average Bonchev–Trinajstić information content (AvgIpc) is 3.22. The van der Waals surface area contributed by atoms with Gasteiger partial charge in [-0.25, -0.2) is 4.98 Å². The molecule has 39 heavy (non-hydrogen) atoms. The van der Waals surface area contributed by atoms with Gasteiger partial charge in [0.25, 0.3) is 11.1 Å². The molecule has 1 amide bonds. The van der Waals surface area contributed by atoms with Gasteiger partial charge in [0, 0.05) is 41.9 Å². The molecule has 1 aromatic carbocycles. The Bertz CT molecular complexity index is 1220. The molecule has 3 aliphatic rings. The van der Waals surface area contributed by atoms with Crippen LogP contribution in [0.1, 0.15) is 71.9 Å². The molecule has 2 aliphatic heterocycles. The number of amides is 1. The third-order valence-corrected chi connectivity index (χ3v) is 8.96. The molecule has 6 nitrogen and oxygen atoms in total. The van der Waals surface area contributed by atoms with Gasteiger partial charge in [-0.05, 0) is 88.4 Å². The van der Waals surface area contributed by atoms with E-state index < -0.39 is 12.8 Å². The molecule has 2 aromatic rings. The van der Waals surface area contributed by atoms with E-state index in [1.807, 2.05) is 31.3 Å². The van der Waals surface area contributed by atoms with Crippen molar-refractivity contribution in [2.24, 2.45) is 10.9 Å². The monoisotopic (exact) mass is 560 g/mol. The van der Waals surface area contributed by atoms with Crippen LogP contribution in [-0.2, 0) is 19.3 Å². The number of ether oxygens (including phenoxy) is 1. The summed E-state index contributed by atoms with van der Waals surface area (Å²) >= 11 is 1.25. The lowest BCUT2D eigenvalue weighted by Crippen LogP contribution is -2.29. The van der Waals surface area contributed by atoms with Crippen molar-refractivity contribution in [1.82, 2.24) is 15.2 Å². The van der Waals surface area contributed by atoms with Gasteiger partial charge in [-0.2, -0.15) is 13.2 Å². The van der Waals surface area contributed by atoms with E-state index in [0.717, 1.165) is 111 Å². The molecule has 1 N–H and O–H groups in total. The summed E-state index contributed by atoms with van der Waals surface area (Å²) in [6, 6.07) is 5.76. The molecule has 0 spiro atoms. The van der Waals surface area contributed by atoms with Crippen molar-refractivity contribution in [2.45, 2.75) is 70.9 Å². The molecular formula is C29H35F3N4O2S. The summed E-state index contributed by atoms with van der Waals surface area (Å²) in [6.07, 6.45) is 6.26. The maximum atomic E-state index is 12.9. The van der Waals surface area contributed by atoms with Crippen LogP contribution in [-0.4, -0.2) is 53.9 Å². The van der Waals surface area contributed by atoms with Crippen molar-refractivity contribution in [3.8, 4) is 5.19 Å². The summed E-state index contributed by atoms with van der Waals surface area (Å²) < 4.78 is 42.1. The van der Waals surface area contributed by atoms with E-state index in [-0.39, 0.29) is 11.1 Å². The van der Waals surface area contributed by atoms with E-state index in [1.54, 1.807) is 0 Å². The number of hydrogen-bond donors (Lipinski definition) is 1. The summed E-state index contributed by atoms with van der Waals surface area (Å²) in [4.78, 5) is 25.3. The lowest BCUT2D eigenvalue weighted by molar-refractivity contribution is -0.153. The highest BCUT2D eigenvalue weighted by molar-refractivity contribution is 7.13. The van der Waals surface area contributed by atoms with Gasteiger partial charge < -0.3 is 15.0 Å². The fourth-order valence-electron chi connectivity index (χ4n) is 5.63. The molecule has 5 rings (SSSR count). The third kappa shape index (κ3) is 7.48. The number of halogens is 3. The van der Waals surface area contributed by atoms with Gasteiger partial charge in [-0.3, -0.25) is 9.79 Å². The highest BCUT2D eigenvalue weighted by atomic mass is 32.1. The minimum atomic E-state index is -4.35. The molecule has 0 saturated heterocycles. The number of nitrogens with one attached hydrogen (secondary N) is 1. The zero-order valence-corrected chi connectivity index (χ0v) is 23.1. The highest BCUT2D eigenvalue weighted by Crippen LogP contribution is 2.33. The Morgan fingerprint density at radius 2 is 1.95 bits per heavy atom. The van der Waals surface area contributed by atoms with Crippen molar-refractivity contribution >= 4 is 28.6 Å². The molecule has 1 saturated carbocycles. The largest absolute Gasteiger partial charge is 0.460 e. The van der Waals surface area contributed by atoms with Crippen LogP contribution in [0.3, 0.4) is 0 Å². The molecule has 1 fully saturated rings. The van der Waals surface area contributed by atoms with Crippen LogP contribution in [0.15, 0.2) is 35.0 Å². The van der Waals surface area contributed by atoms with Crippen molar-refractivity contribution < 1.29 is 22.7 Å². The van der Waals surface area contributed by atoms with Gasteiger partial charge in [0.1, 0.15) is 0 Å². The summed E-state index contributed by atoms with van der Waals surface area (Å²) in [5, 5.41) is 3.16. The SMILES string of the molecule is CC1=Nc2cccc(C(=O)NC=C3CCC(CCN4CCc5nc(OCC(F)(F)F)sc5CC4)CC3)c2CC1. The number of fused-ring (bicyclic) bond motifs is 2. The van der Waals surface area contributed by atoms with Gasteiger partial charge in [-0.1, -0.05) is 23.0 Å². The number of carbonyl (C=O) groups excluding carboxylic acids is 1. The first-order chi connectivity index (χ1) is 18.7. The molecule has 0 radical (unpaired) electrons. The number of thiazole rings is 1. The van der Waals surface area contributed by atoms with Gasteiger partial charge >= 0.3 is 6.18 Å². The molecule has 1 aromatic heterocycles. The number of carbonyl (C=O) groups is 1. The maximum absolute atomic E-state index is 12.9. The smallest absolute Gasteiger partial charge is 0.422 e. The molecule has 10 heteroatoms. The first-order valence-corrected chi connectivity index (χ1v) is 14.6. The maximum Gasteiger partial charge on any atom is 0.422 e. The van der Waals surface area contributed by atoms with E-state index in [4.69, 9.17) is 4.74 Å². The van der Waals surface area contributed by atoms with Crippen LogP contribution in [0.25, 0.3) is 0 Å². The second kappa shape index (κ2) is 12.2. The average molecular weight is 561 g/mol. The van der Waals surface area contributed by atoms with Crippen LogP contribution >= 0.6 is 11.3 Å². The first-order valence-electron chi connectivity index (χ1n) is 13.8. The number of nitrogens with zero attached hydrogens (tertiary/aromatic N) is 3. The fraction of sp³-hybridized carbons (Fsp3) is 0.552. The van der Waals surface area contributed by atoms with E-state index in [0.29, 0.717) is 5.92 Å². The Morgan fingerprint density at radius 1 is 1.15 bits per heavy atom. The van der Waals surface area contributed by atoms with Gasteiger partial charge in [0.15, 0.2) is 6.61 Å². The van der Waals surface area contributed by atoms with E-state index in [1.165, 1.54) is 16.9 Å². The predicted molar refractivity (Wildman–Crippen MR) is 147 cm³/mol. The molecule has 1 aliphatic carbocycles. The van der Waals surface area contributed by atoms with Gasteiger partial charge in [0.2, 0.25) is 0 Å². The second-order valence-corrected chi connectivity index (χ2v) is 11.8. The van der Waals surface area contributed by atoms with Crippen molar-refractivity contribution in [3.05, 3.63) is 51.7 Å². The number of aliphatic imine (C=N–C) groups is 1. The highest BCUT2D eigenvalue weighted by Gasteiger charge is 2.30. The van der Waals surface area contributed by atoms with E-state index in [9.17, 15) is 18.0 Å². The molecule has 0 atom stereocenters. The fourth-order valence-corrected chi connectivity index (χ4v) is 6.57. The van der Waals surface area contributed by atoms with Crippen LogP contribution < -0.4 is 10.1 Å². The summed E-state index contributed by atoms with van der Waals surface area (Å²) in [7, 11) is 0. The normalized spacial score (nSPS) is 19.9. The zero-order chi connectivity index (χ0) is 27.4. The first kappa shape index (κ1) is 27.8. The number of benzene rings is 1. The number of alkyl halides is 3. The summed E-state index contributed by atoms with van der Waals surface area (Å²) in [6.45, 7) is 3.52. The van der Waals surface area contributed by atoms with Crippen molar-refractivity contribution in [3.63, 3.8) is 0 Å². The number of hydrogen-bond acceptors (Lipinski definition) is 6. The Kier molecular flexibility index (Phi) is 8.71. The zero-order valence-electron chi connectivity index (χ0n) is 22.3. The summed E-state index contributed by atoms with van der Waals surface area (Å²) in [5.41, 5.74) is 5.96. The van der Waals surface area contributed by atoms with Crippen molar-refractivity contribution in [1.29, 1.82) is 0 Å². The number of rotatable bonds is 7. The van der Waals surface area contributed by atoms with Crippen LogP contribution in [0, 0.1) is 5.92 Å². The van der Waals surface area contributed by atoms with Crippen LogP contribution in [0.5, 0.6) is 5.19 Å². The number of aromatic nitrogens is 1. The third-order valence-electron chi connectivity index (χ3n) is 7.89. The summed E-state index contributed by atoms with van der Waals surface area (Å²) in [5.74, 6) is 0.609. The Morgan fingerprint density at radius 3 is 2.74 bits per heavy atom. The van der Waals surface area contributed by atoms with Crippen molar-refractivity contribution in [2.75, 3.05) is 26.2 Å². The predicted octanol–water partition coefficient (Wildman–Crippen LogP) is 6.42. The van der Waals surface area contributed by atoms with Gasteiger partial charge in [0.05, 0.1) is 11.4 Å². The molecule has 0 unspecified atom stereocenters. The minimum Gasteiger partial charge on any atom is -0.460 e. The lowest BCUT2D eigenvalue weighted by atomic mass is 9.84. The molecule has 0 bridgehead atoms.